The van der Waals surface area contributed by atoms with Crippen LogP contribution in [0.25, 0.3) is 0 Å². The molecule has 0 amide bonds. The normalized spacial score (nSPS) is 10.2. The first kappa shape index (κ1) is 15.1. The average Bonchev–Trinajstić information content (AvgIpc) is 2.48. The van der Waals surface area contributed by atoms with Gasteiger partial charge in [-0.1, -0.05) is 0 Å². The average molecular weight is 402 g/mol. The number of benzene rings is 1. The third-order valence-corrected chi connectivity index (χ3v) is 3.93. The van der Waals surface area contributed by atoms with E-state index in [4.69, 9.17) is 9.47 Å². The third kappa shape index (κ3) is 3.64. The molecule has 0 radical (unpaired) electrons. The zero-order chi connectivity index (χ0) is 14.5. The first-order chi connectivity index (χ1) is 9.63. The Hall–Kier alpha value is -1.27. The van der Waals surface area contributed by atoms with Crippen LogP contribution in [0.15, 0.2) is 39.4 Å². The topological polar surface area (TPSA) is 43.4 Å². The molecule has 6 heteroatoms. The Kier molecular flexibility index (Phi) is 5.25. The molecule has 1 aromatic heterocycles. The van der Waals surface area contributed by atoms with Gasteiger partial charge in [-0.05, 0) is 56.1 Å². The van der Waals surface area contributed by atoms with Crippen LogP contribution in [-0.2, 0) is 6.61 Å². The lowest BCUT2D eigenvalue weighted by molar-refractivity contribution is 0.298. The van der Waals surface area contributed by atoms with Gasteiger partial charge in [0.2, 0.25) is 0 Å². The fraction of sp³-hybridized carbons (Fsp3) is 0.214. The Labute approximate surface area is 134 Å². The second-order valence-electron chi connectivity index (χ2n) is 3.99. The lowest BCUT2D eigenvalue weighted by Crippen LogP contribution is -2.00. The van der Waals surface area contributed by atoms with Crippen molar-refractivity contribution in [2.75, 3.05) is 19.5 Å². The molecule has 4 nitrogen and oxygen atoms in total. The highest BCUT2D eigenvalue weighted by Gasteiger charge is 2.08. The van der Waals surface area contributed by atoms with Gasteiger partial charge in [0.1, 0.15) is 18.1 Å². The number of hydrogen-bond acceptors (Lipinski definition) is 4. The molecule has 1 aromatic carbocycles. The summed E-state index contributed by atoms with van der Waals surface area (Å²) in [7, 11) is 3.50. The number of halogens is 2. The number of rotatable bonds is 5. The molecule has 0 saturated carbocycles. The maximum absolute atomic E-state index is 5.78. The maximum atomic E-state index is 5.78. The molecule has 20 heavy (non-hydrogen) atoms. The van der Waals surface area contributed by atoms with Crippen LogP contribution in [0.5, 0.6) is 11.5 Å². The van der Waals surface area contributed by atoms with Crippen molar-refractivity contribution in [1.29, 1.82) is 0 Å². The van der Waals surface area contributed by atoms with Gasteiger partial charge < -0.3 is 14.8 Å². The molecule has 0 spiro atoms. The molecule has 0 aliphatic rings. The highest BCUT2D eigenvalue weighted by atomic mass is 79.9. The highest BCUT2D eigenvalue weighted by Crippen LogP contribution is 2.36. The summed E-state index contributed by atoms with van der Waals surface area (Å²) in [5.41, 5.74) is 1.87. The lowest BCUT2D eigenvalue weighted by Gasteiger charge is -2.11. The van der Waals surface area contributed by atoms with Crippen LogP contribution in [0, 0.1) is 0 Å². The van der Waals surface area contributed by atoms with Crippen LogP contribution >= 0.6 is 31.9 Å². The van der Waals surface area contributed by atoms with Gasteiger partial charge in [-0.3, -0.25) is 4.98 Å². The van der Waals surface area contributed by atoms with Gasteiger partial charge in [0.15, 0.2) is 0 Å². The highest BCUT2D eigenvalue weighted by molar-refractivity contribution is 9.11. The third-order valence-electron chi connectivity index (χ3n) is 2.69. The molecule has 0 aliphatic carbocycles. The van der Waals surface area contributed by atoms with E-state index < -0.39 is 0 Å². The minimum atomic E-state index is 0.396. The minimum absolute atomic E-state index is 0.396. The molecule has 2 rings (SSSR count). The Morgan fingerprint density at radius 2 is 1.85 bits per heavy atom. The van der Waals surface area contributed by atoms with Crippen molar-refractivity contribution in [2.24, 2.45) is 0 Å². The molecule has 0 fully saturated rings. The van der Waals surface area contributed by atoms with E-state index in [0.29, 0.717) is 6.61 Å². The van der Waals surface area contributed by atoms with Crippen LogP contribution in [0.1, 0.15) is 5.69 Å². The molecule has 2 aromatic rings. The Morgan fingerprint density at radius 1 is 1.15 bits per heavy atom. The summed E-state index contributed by atoms with van der Waals surface area (Å²) in [6.07, 6.45) is 1.75. The molecule has 0 atom stereocenters. The Bertz CT molecular complexity index is 606. The molecule has 106 valence electrons. The number of nitrogens with one attached hydrogen (secondary N) is 1. The van der Waals surface area contributed by atoms with Gasteiger partial charge in [0.05, 0.1) is 21.7 Å². The smallest absolute Gasteiger partial charge is 0.135 e. The van der Waals surface area contributed by atoms with Crippen molar-refractivity contribution >= 4 is 37.5 Å². The Balaban J connectivity index is 2.12. The molecule has 1 N–H and O–H groups in total. The first-order valence-corrected chi connectivity index (χ1v) is 7.51. The number of ether oxygens (including phenoxy) is 2. The van der Waals surface area contributed by atoms with E-state index in [-0.39, 0.29) is 0 Å². The van der Waals surface area contributed by atoms with Gasteiger partial charge >= 0.3 is 0 Å². The zero-order valence-electron chi connectivity index (χ0n) is 11.1. The van der Waals surface area contributed by atoms with Crippen molar-refractivity contribution in [3.05, 3.63) is 45.1 Å². The fourth-order valence-electron chi connectivity index (χ4n) is 1.64. The van der Waals surface area contributed by atoms with Crippen LogP contribution < -0.4 is 14.8 Å². The summed E-state index contributed by atoms with van der Waals surface area (Å²) < 4.78 is 12.7. The maximum Gasteiger partial charge on any atom is 0.135 e. The molecule has 0 aliphatic heterocycles. The van der Waals surface area contributed by atoms with Gasteiger partial charge in [-0.2, -0.15) is 0 Å². The predicted molar refractivity (Wildman–Crippen MR) is 86.5 cm³/mol. The van der Waals surface area contributed by atoms with Crippen molar-refractivity contribution in [2.45, 2.75) is 6.61 Å². The number of pyridine rings is 1. The second kappa shape index (κ2) is 6.95. The summed E-state index contributed by atoms with van der Waals surface area (Å²) in [6, 6.07) is 7.58. The van der Waals surface area contributed by atoms with Crippen LogP contribution in [0.3, 0.4) is 0 Å². The number of methoxy groups -OCH3 is 1. The molecule has 0 saturated heterocycles. The van der Waals surface area contributed by atoms with Gasteiger partial charge in [0, 0.05) is 18.9 Å². The van der Waals surface area contributed by atoms with E-state index in [1.54, 1.807) is 13.3 Å². The quantitative estimate of drug-likeness (QED) is 0.813. The molecular weight excluding hydrogens is 388 g/mol. The van der Waals surface area contributed by atoms with E-state index in [9.17, 15) is 0 Å². The summed E-state index contributed by atoms with van der Waals surface area (Å²) in [5.74, 6) is 1.48. The number of aromatic nitrogens is 1. The van der Waals surface area contributed by atoms with Crippen molar-refractivity contribution in [3.8, 4) is 11.5 Å². The molecule has 0 bridgehead atoms. The number of nitrogens with zero attached hydrogens (tertiary/aromatic N) is 1. The SMILES string of the molecule is CNc1ccnc(COc2cc(Br)c(OC)cc2Br)c1. The monoisotopic (exact) mass is 400 g/mol. The summed E-state index contributed by atoms with van der Waals surface area (Å²) in [6.45, 7) is 0.396. The Morgan fingerprint density at radius 3 is 2.55 bits per heavy atom. The predicted octanol–water partition coefficient (Wildman–Crippen LogP) is 4.24. The van der Waals surface area contributed by atoms with E-state index in [1.807, 2.05) is 31.3 Å². The van der Waals surface area contributed by atoms with Crippen LogP contribution in [0.2, 0.25) is 0 Å². The van der Waals surface area contributed by atoms with Crippen molar-refractivity contribution in [3.63, 3.8) is 0 Å². The summed E-state index contributed by atoms with van der Waals surface area (Å²) >= 11 is 6.90. The second-order valence-corrected chi connectivity index (χ2v) is 5.70. The molecule has 1 heterocycles. The largest absolute Gasteiger partial charge is 0.496 e. The standard InChI is InChI=1S/C14H14Br2N2O2/c1-17-9-3-4-18-10(5-9)8-20-14-7-11(15)13(19-2)6-12(14)16/h3-7H,8H2,1-2H3,(H,17,18). The summed E-state index contributed by atoms with van der Waals surface area (Å²) in [4.78, 5) is 4.27. The van der Waals surface area contributed by atoms with E-state index in [1.165, 1.54) is 0 Å². The van der Waals surface area contributed by atoms with Gasteiger partial charge in [-0.15, -0.1) is 0 Å². The first-order valence-electron chi connectivity index (χ1n) is 5.92. The van der Waals surface area contributed by atoms with E-state index in [0.717, 1.165) is 31.8 Å². The number of anilines is 1. The van der Waals surface area contributed by atoms with Gasteiger partial charge in [-0.25, -0.2) is 0 Å². The molecule has 0 unspecified atom stereocenters. The lowest BCUT2D eigenvalue weighted by atomic mass is 10.3. The van der Waals surface area contributed by atoms with E-state index in [2.05, 4.69) is 42.2 Å². The number of hydrogen-bond donors (Lipinski definition) is 1. The molecular formula is C14H14Br2N2O2. The minimum Gasteiger partial charge on any atom is -0.496 e. The van der Waals surface area contributed by atoms with E-state index >= 15 is 0 Å². The van der Waals surface area contributed by atoms with Crippen LogP contribution in [0.4, 0.5) is 5.69 Å². The van der Waals surface area contributed by atoms with Crippen molar-refractivity contribution in [1.82, 2.24) is 4.98 Å². The summed E-state index contributed by atoms with van der Waals surface area (Å²) in [5, 5.41) is 3.07. The fourth-order valence-corrected chi connectivity index (χ4v) is 2.56. The van der Waals surface area contributed by atoms with Crippen LogP contribution in [-0.4, -0.2) is 19.1 Å². The van der Waals surface area contributed by atoms with Crippen molar-refractivity contribution < 1.29 is 9.47 Å². The zero-order valence-corrected chi connectivity index (χ0v) is 14.3. The van der Waals surface area contributed by atoms with Gasteiger partial charge in [0.25, 0.3) is 0 Å².